The fourth-order valence-corrected chi connectivity index (χ4v) is 2.96. The van der Waals surface area contributed by atoms with Gasteiger partial charge in [-0.25, -0.2) is 22.3 Å². The molecule has 0 spiro atoms. The third-order valence-corrected chi connectivity index (χ3v) is 4.44. The summed E-state index contributed by atoms with van der Waals surface area (Å²) in [6.45, 7) is 0.342. The summed E-state index contributed by atoms with van der Waals surface area (Å²) in [7, 11) is -3.89. The van der Waals surface area contributed by atoms with E-state index < -0.39 is 28.4 Å². The molecule has 0 aromatic heterocycles. The first-order valence-electron chi connectivity index (χ1n) is 6.78. The van der Waals surface area contributed by atoms with Gasteiger partial charge in [-0.3, -0.25) is 0 Å². The van der Waals surface area contributed by atoms with Crippen LogP contribution < -0.4 is 9.46 Å². The second kappa shape index (κ2) is 7.53. The summed E-state index contributed by atoms with van der Waals surface area (Å²) in [5.41, 5.74) is 0.807. The Balaban J connectivity index is 2.05. The van der Waals surface area contributed by atoms with Crippen molar-refractivity contribution in [2.24, 2.45) is 0 Å². The number of hydrogen-bond donors (Lipinski definition) is 2. The average Bonchev–Trinajstić information content (AvgIpc) is 2.52. The molecule has 1 heterocycles. The number of rotatable bonds is 7. The maximum Gasteiger partial charge on any atom is 0.341 e. The lowest BCUT2D eigenvalue weighted by Crippen LogP contribution is -2.28. The van der Waals surface area contributed by atoms with Crippen LogP contribution in [-0.4, -0.2) is 45.9 Å². The zero-order chi connectivity index (χ0) is 16.9. The van der Waals surface area contributed by atoms with E-state index in [0.717, 1.165) is 30.2 Å². The van der Waals surface area contributed by atoms with Crippen LogP contribution in [0.4, 0.5) is 4.39 Å². The number of aliphatic carboxylic acids is 1. The Morgan fingerprint density at radius 3 is 2.83 bits per heavy atom. The molecule has 126 valence electrons. The molecule has 1 aromatic carbocycles. The molecule has 2 N–H and O–H groups in total. The largest absolute Gasteiger partial charge is 0.479 e. The maximum absolute atomic E-state index is 13.8. The van der Waals surface area contributed by atoms with Gasteiger partial charge in [0.2, 0.25) is 10.0 Å². The number of nitrogens with one attached hydrogen (secondary N) is 1. The van der Waals surface area contributed by atoms with E-state index in [1.165, 1.54) is 0 Å². The molecule has 0 saturated carbocycles. The minimum absolute atomic E-state index is 0.0845. The number of sulfonamides is 1. The van der Waals surface area contributed by atoms with Crippen molar-refractivity contribution in [3.05, 3.63) is 35.7 Å². The molecule has 1 aromatic rings. The van der Waals surface area contributed by atoms with Crippen LogP contribution in [0.25, 0.3) is 0 Å². The summed E-state index contributed by atoms with van der Waals surface area (Å²) in [4.78, 5) is 10.1. The first kappa shape index (κ1) is 17.4. The molecule has 2 rings (SSSR count). The molecular formula is C14H16FNO6S. The number of hydrogen-bond acceptors (Lipinski definition) is 5. The molecule has 1 aliphatic rings. The van der Waals surface area contributed by atoms with Gasteiger partial charge in [0.15, 0.2) is 18.2 Å². The first-order chi connectivity index (χ1) is 10.9. The van der Waals surface area contributed by atoms with Crippen LogP contribution in [-0.2, 0) is 19.6 Å². The SMILES string of the molecule is O=C(O)COc1ccc(S(=O)(=O)NCC2=CCCOC2)cc1F. The van der Waals surface area contributed by atoms with Crippen molar-refractivity contribution in [1.29, 1.82) is 0 Å². The number of benzene rings is 1. The lowest BCUT2D eigenvalue weighted by atomic mass is 10.2. The van der Waals surface area contributed by atoms with E-state index in [4.69, 9.17) is 14.6 Å². The molecule has 7 nitrogen and oxygen atoms in total. The number of halogens is 1. The molecule has 0 amide bonds. The van der Waals surface area contributed by atoms with Gasteiger partial charge in [0.1, 0.15) is 0 Å². The molecule has 9 heteroatoms. The van der Waals surface area contributed by atoms with Crippen molar-refractivity contribution in [1.82, 2.24) is 4.72 Å². The highest BCUT2D eigenvalue weighted by molar-refractivity contribution is 7.89. The second-order valence-corrected chi connectivity index (χ2v) is 6.57. The third kappa shape index (κ3) is 5.02. The monoisotopic (exact) mass is 345 g/mol. The van der Waals surface area contributed by atoms with Crippen LogP contribution >= 0.6 is 0 Å². The number of carboxylic acids is 1. The number of ether oxygens (including phenoxy) is 2. The molecular weight excluding hydrogens is 329 g/mol. The molecule has 0 bridgehead atoms. The van der Waals surface area contributed by atoms with Crippen LogP contribution in [0.15, 0.2) is 34.7 Å². The molecule has 0 unspecified atom stereocenters. The Kier molecular flexibility index (Phi) is 5.69. The standard InChI is InChI=1S/C14H16FNO6S/c15-12-6-11(3-4-13(12)22-9-14(17)18)23(19,20)16-7-10-2-1-5-21-8-10/h2-4,6,16H,1,5,7-9H2,(H,17,18). The zero-order valence-corrected chi connectivity index (χ0v) is 12.9. The number of carboxylic acid groups (broad SMARTS) is 1. The van der Waals surface area contributed by atoms with Crippen LogP contribution in [0, 0.1) is 5.82 Å². The highest BCUT2D eigenvalue weighted by Crippen LogP contribution is 2.21. The van der Waals surface area contributed by atoms with Crippen molar-refractivity contribution in [3.8, 4) is 5.75 Å². The first-order valence-corrected chi connectivity index (χ1v) is 8.26. The van der Waals surface area contributed by atoms with Gasteiger partial charge in [0.05, 0.1) is 18.1 Å². The van der Waals surface area contributed by atoms with Crippen molar-refractivity contribution in [2.75, 3.05) is 26.4 Å². The fourth-order valence-electron chi connectivity index (χ4n) is 1.91. The Morgan fingerprint density at radius 2 is 2.22 bits per heavy atom. The Bertz CT molecular complexity index is 716. The quantitative estimate of drug-likeness (QED) is 0.713. The molecule has 0 radical (unpaired) electrons. The van der Waals surface area contributed by atoms with Crippen molar-refractivity contribution in [3.63, 3.8) is 0 Å². The Morgan fingerprint density at radius 1 is 1.43 bits per heavy atom. The minimum Gasteiger partial charge on any atom is -0.479 e. The normalized spacial score (nSPS) is 15.1. The van der Waals surface area contributed by atoms with Crippen LogP contribution in [0.5, 0.6) is 5.75 Å². The molecule has 0 saturated heterocycles. The molecule has 23 heavy (non-hydrogen) atoms. The number of carbonyl (C=O) groups is 1. The van der Waals surface area contributed by atoms with Gasteiger partial charge in [0, 0.05) is 6.54 Å². The van der Waals surface area contributed by atoms with Gasteiger partial charge in [-0.05, 0) is 30.2 Å². The van der Waals surface area contributed by atoms with Crippen molar-refractivity contribution >= 4 is 16.0 Å². The molecule has 1 aliphatic heterocycles. The Hall–Kier alpha value is -1.97. The van der Waals surface area contributed by atoms with Gasteiger partial charge in [-0.2, -0.15) is 0 Å². The predicted molar refractivity (Wildman–Crippen MR) is 78.2 cm³/mol. The predicted octanol–water partition coefficient (Wildman–Crippen LogP) is 0.914. The Labute approximate surface area is 132 Å². The van der Waals surface area contributed by atoms with E-state index in [0.29, 0.717) is 13.2 Å². The topological polar surface area (TPSA) is 102 Å². The van der Waals surface area contributed by atoms with Crippen LogP contribution in [0.3, 0.4) is 0 Å². The molecule has 0 aliphatic carbocycles. The van der Waals surface area contributed by atoms with Crippen molar-refractivity contribution in [2.45, 2.75) is 11.3 Å². The van der Waals surface area contributed by atoms with Gasteiger partial charge < -0.3 is 14.6 Å². The summed E-state index contributed by atoms with van der Waals surface area (Å²) in [6.07, 6.45) is 2.62. The van der Waals surface area contributed by atoms with Crippen LogP contribution in [0.1, 0.15) is 6.42 Å². The maximum atomic E-state index is 13.8. The van der Waals surface area contributed by atoms with E-state index >= 15 is 0 Å². The van der Waals surface area contributed by atoms with E-state index in [1.54, 1.807) is 0 Å². The summed E-state index contributed by atoms with van der Waals surface area (Å²) in [6, 6.07) is 3.01. The smallest absolute Gasteiger partial charge is 0.341 e. The van der Waals surface area contributed by atoms with Gasteiger partial charge in [-0.1, -0.05) is 6.08 Å². The zero-order valence-electron chi connectivity index (χ0n) is 12.1. The van der Waals surface area contributed by atoms with Gasteiger partial charge in [-0.15, -0.1) is 0 Å². The third-order valence-electron chi connectivity index (χ3n) is 3.04. The summed E-state index contributed by atoms with van der Waals surface area (Å²) >= 11 is 0. The van der Waals surface area contributed by atoms with E-state index in [-0.39, 0.29) is 17.2 Å². The summed E-state index contributed by atoms with van der Waals surface area (Å²) < 4.78 is 50.3. The minimum atomic E-state index is -3.89. The molecule has 0 fully saturated rings. The van der Waals surface area contributed by atoms with Gasteiger partial charge in [0.25, 0.3) is 0 Å². The van der Waals surface area contributed by atoms with E-state index in [1.807, 2.05) is 6.08 Å². The summed E-state index contributed by atoms with van der Waals surface area (Å²) in [5, 5.41) is 8.47. The van der Waals surface area contributed by atoms with Gasteiger partial charge >= 0.3 is 5.97 Å². The second-order valence-electron chi connectivity index (χ2n) is 4.80. The molecule has 0 atom stereocenters. The van der Waals surface area contributed by atoms with Crippen LogP contribution in [0.2, 0.25) is 0 Å². The highest BCUT2D eigenvalue weighted by atomic mass is 32.2. The lowest BCUT2D eigenvalue weighted by molar-refractivity contribution is -0.139. The van der Waals surface area contributed by atoms with Crippen molar-refractivity contribution < 1.29 is 32.2 Å². The lowest BCUT2D eigenvalue weighted by Gasteiger charge is -2.14. The van der Waals surface area contributed by atoms with E-state index in [9.17, 15) is 17.6 Å². The van der Waals surface area contributed by atoms with E-state index in [2.05, 4.69) is 4.72 Å². The fraction of sp³-hybridized carbons (Fsp3) is 0.357. The average molecular weight is 345 g/mol. The summed E-state index contributed by atoms with van der Waals surface area (Å²) in [5.74, 6) is -2.53. The highest BCUT2D eigenvalue weighted by Gasteiger charge is 2.18.